The molecule has 1 atom stereocenters. The van der Waals surface area contributed by atoms with E-state index in [4.69, 9.17) is 23.2 Å². The molecule has 0 aliphatic heterocycles. The highest BCUT2D eigenvalue weighted by Crippen LogP contribution is 2.19. The molecule has 3 nitrogen and oxygen atoms in total. The molecule has 1 unspecified atom stereocenters. The van der Waals surface area contributed by atoms with Gasteiger partial charge in [-0.3, -0.25) is 4.68 Å². The smallest absolute Gasteiger partial charge is 0.0860 e. The number of nitrogens with one attached hydrogen (secondary N) is 1. The number of aromatic nitrogens is 2. The van der Waals surface area contributed by atoms with Gasteiger partial charge in [0, 0.05) is 19.0 Å². The van der Waals surface area contributed by atoms with Gasteiger partial charge in [-0.25, -0.2) is 0 Å². The number of halogens is 2. The summed E-state index contributed by atoms with van der Waals surface area (Å²) in [6.45, 7) is 8.59. The molecule has 1 aromatic heterocycles. The number of hydrogen-bond donors (Lipinski definition) is 1. The molecule has 1 aromatic rings. The third-order valence-corrected chi connectivity index (χ3v) is 3.52. The molecule has 0 amide bonds. The van der Waals surface area contributed by atoms with Gasteiger partial charge in [0.2, 0.25) is 0 Å². The van der Waals surface area contributed by atoms with Crippen molar-refractivity contribution in [2.24, 2.45) is 5.92 Å². The van der Waals surface area contributed by atoms with Gasteiger partial charge in [-0.05, 0) is 26.3 Å². The normalized spacial score (nSPS) is 13.1. The Balaban J connectivity index is 2.59. The maximum Gasteiger partial charge on any atom is 0.0860 e. The van der Waals surface area contributed by atoms with Gasteiger partial charge in [-0.15, -0.1) is 11.6 Å². The van der Waals surface area contributed by atoms with Crippen LogP contribution in [0, 0.1) is 12.8 Å². The minimum Gasteiger partial charge on any atom is -0.311 e. The second kappa shape index (κ2) is 6.48. The van der Waals surface area contributed by atoms with Crippen LogP contribution in [0.4, 0.5) is 0 Å². The van der Waals surface area contributed by atoms with E-state index < -0.39 is 0 Å². The van der Waals surface area contributed by atoms with Crippen LogP contribution in [-0.2, 0) is 13.1 Å². The number of hydrogen-bond acceptors (Lipinski definition) is 2. The molecule has 0 aromatic carbocycles. The third-order valence-electron chi connectivity index (χ3n) is 2.50. The Morgan fingerprint density at radius 2 is 2.19 bits per heavy atom. The molecule has 0 spiro atoms. The molecule has 0 fully saturated rings. The average Bonchev–Trinajstić information content (AvgIpc) is 2.56. The summed E-state index contributed by atoms with van der Waals surface area (Å²) in [5.41, 5.74) is 1.95. The highest BCUT2D eigenvalue weighted by Gasteiger charge is 2.12. The van der Waals surface area contributed by atoms with Gasteiger partial charge >= 0.3 is 0 Å². The molecule has 1 N–H and O–H groups in total. The topological polar surface area (TPSA) is 29.9 Å². The molecule has 1 heterocycles. The molecule has 0 aliphatic rings. The monoisotopic (exact) mass is 263 g/mol. The van der Waals surface area contributed by atoms with E-state index in [0.717, 1.165) is 36.0 Å². The van der Waals surface area contributed by atoms with Crippen LogP contribution in [0.15, 0.2) is 0 Å². The first kappa shape index (κ1) is 13.8. The van der Waals surface area contributed by atoms with E-state index >= 15 is 0 Å². The first-order valence-corrected chi connectivity index (χ1v) is 6.49. The Bertz CT molecular complexity index is 336. The fraction of sp³-hybridized carbons (Fsp3) is 0.727. The summed E-state index contributed by atoms with van der Waals surface area (Å²) >= 11 is 11.9. The largest absolute Gasteiger partial charge is 0.311 e. The first-order valence-electron chi connectivity index (χ1n) is 5.58. The third kappa shape index (κ3) is 3.37. The van der Waals surface area contributed by atoms with Gasteiger partial charge in [-0.1, -0.05) is 18.5 Å². The van der Waals surface area contributed by atoms with Gasteiger partial charge in [-0.2, -0.15) is 5.10 Å². The van der Waals surface area contributed by atoms with Crippen molar-refractivity contribution < 1.29 is 0 Å². The molecule has 0 radical (unpaired) electrons. The minimum absolute atomic E-state index is 0.472. The highest BCUT2D eigenvalue weighted by molar-refractivity contribution is 6.31. The number of aryl methyl sites for hydroxylation is 2. The zero-order valence-corrected chi connectivity index (χ0v) is 11.6. The van der Waals surface area contributed by atoms with Gasteiger partial charge in [0.25, 0.3) is 0 Å². The molecule has 92 valence electrons. The lowest BCUT2D eigenvalue weighted by atomic mass is 10.2. The summed E-state index contributed by atoms with van der Waals surface area (Å²) in [6, 6.07) is 0. The van der Waals surface area contributed by atoms with Crippen molar-refractivity contribution in [3.8, 4) is 0 Å². The summed E-state index contributed by atoms with van der Waals surface area (Å²) in [7, 11) is 0. The number of alkyl halides is 1. The van der Waals surface area contributed by atoms with Crippen LogP contribution in [0.25, 0.3) is 0 Å². The standard InChI is InChI=1S/C11H19Cl2N3/c1-4-16-10(11(13)9(3)15-16)7-14-6-8(2)5-12/h8,14H,4-7H2,1-3H3. The molecule has 1 rings (SSSR count). The van der Waals surface area contributed by atoms with Gasteiger partial charge in [0.05, 0.1) is 16.4 Å². The van der Waals surface area contributed by atoms with Crippen molar-refractivity contribution in [1.29, 1.82) is 0 Å². The summed E-state index contributed by atoms with van der Waals surface area (Å²) in [5.74, 6) is 1.15. The zero-order chi connectivity index (χ0) is 12.1. The first-order chi connectivity index (χ1) is 7.60. The van der Waals surface area contributed by atoms with E-state index in [0.29, 0.717) is 11.8 Å². The number of nitrogens with zero attached hydrogens (tertiary/aromatic N) is 2. The van der Waals surface area contributed by atoms with E-state index in [1.54, 1.807) is 0 Å². The summed E-state index contributed by atoms with van der Waals surface area (Å²) < 4.78 is 1.94. The average molecular weight is 264 g/mol. The van der Waals surface area contributed by atoms with E-state index in [1.807, 2.05) is 11.6 Å². The Morgan fingerprint density at radius 1 is 1.50 bits per heavy atom. The molecule has 0 saturated heterocycles. The van der Waals surface area contributed by atoms with E-state index in [9.17, 15) is 0 Å². The van der Waals surface area contributed by atoms with Crippen molar-refractivity contribution in [2.75, 3.05) is 12.4 Å². The highest BCUT2D eigenvalue weighted by atomic mass is 35.5. The van der Waals surface area contributed by atoms with Crippen molar-refractivity contribution in [2.45, 2.75) is 33.9 Å². The van der Waals surface area contributed by atoms with E-state index in [2.05, 4.69) is 24.3 Å². The molecular formula is C11H19Cl2N3. The molecular weight excluding hydrogens is 245 g/mol. The second-order valence-electron chi connectivity index (χ2n) is 4.05. The van der Waals surface area contributed by atoms with Crippen LogP contribution >= 0.6 is 23.2 Å². The van der Waals surface area contributed by atoms with Crippen LogP contribution in [0.2, 0.25) is 5.02 Å². The quantitative estimate of drug-likeness (QED) is 0.801. The zero-order valence-electron chi connectivity index (χ0n) is 10.1. The van der Waals surface area contributed by atoms with Crippen LogP contribution in [0.3, 0.4) is 0 Å². The van der Waals surface area contributed by atoms with Crippen LogP contribution in [0.5, 0.6) is 0 Å². The maximum atomic E-state index is 6.19. The Morgan fingerprint density at radius 3 is 2.75 bits per heavy atom. The predicted octanol–water partition coefficient (Wildman–Crippen LogP) is 2.83. The summed E-state index contributed by atoms with van der Waals surface area (Å²) in [6.07, 6.45) is 0. The Kier molecular flexibility index (Phi) is 5.59. The molecule has 0 aliphatic carbocycles. The molecule has 0 saturated carbocycles. The van der Waals surface area contributed by atoms with Gasteiger partial charge in [0.1, 0.15) is 0 Å². The fourth-order valence-electron chi connectivity index (χ4n) is 1.53. The molecule has 0 bridgehead atoms. The lowest BCUT2D eigenvalue weighted by Gasteiger charge is -2.10. The van der Waals surface area contributed by atoms with Gasteiger partial charge < -0.3 is 5.32 Å². The maximum absolute atomic E-state index is 6.19. The minimum atomic E-state index is 0.472. The number of rotatable bonds is 6. The van der Waals surface area contributed by atoms with Crippen molar-refractivity contribution in [3.05, 3.63) is 16.4 Å². The summed E-state index contributed by atoms with van der Waals surface area (Å²) in [4.78, 5) is 0. The lowest BCUT2D eigenvalue weighted by Crippen LogP contribution is -2.23. The van der Waals surface area contributed by atoms with Crippen LogP contribution < -0.4 is 5.32 Å². The Hall–Kier alpha value is -0.250. The van der Waals surface area contributed by atoms with E-state index in [1.165, 1.54) is 0 Å². The van der Waals surface area contributed by atoms with E-state index in [-0.39, 0.29) is 0 Å². The van der Waals surface area contributed by atoms with Crippen molar-refractivity contribution in [1.82, 2.24) is 15.1 Å². The predicted molar refractivity (Wildman–Crippen MR) is 69.2 cm³/mol. The molecule has 16 heavy (non-hydrogen) atoms. The van der Waals surface area contributed by atoms with Crippen LogP contribution in [0.1, 0.15) is 25.2 Å². The lowest BCUT2D eigenvalue weighted by molar-refractivity contribution is 0.528. The second-order valence-corrected chi connectivity index (χ2v) is 4.74. The van der Waals surface area contributed by atoms with Crippen molar-refractivity contribution in [3.63, 3.8) is 0 Å². The van der Waals surface area contributed by atoms with Gasteiger partial charge in [0.15, 0.2) is 0 Å². The summed E-state index contributed by atoms with van der Waals surface area (Å²) in [5, 5.41) is 8.49. The Labute approximate surface area is 107 Å². The fourth-order valence-corrected chi connectivity index (χ4v) is 1.84. The van der Waals surface area contributed by atoms with Crippen LogP contribution in [-0.4, -0.2) is 22.2 Å². The van der Waals surface area contributed by atoms with Crippen molar-refractivity contribution >= 4 is 23.2 Å². The SMILES string of the molecule is CCn1nc(C)c(Cl)c1CNCC(C)CCl. The molecule has 5 heteroatoms.